The minimum atomic E-state index is 0.686. The monoisotopic (exact) mass is 646 g/mol. The Hall–Kier alpha value is -6.44. The van der Waals surface area contributed by atoms with Gasteiger partial charge >= 0.3 is 0 Å². The summed E-state index contributed by atoms with van der Waals surface area (Å²) in [6.45, 7) is 0. The largest absolute Gasteiger partial charge is 0.265 e. The van der Waals surface area contributed by atoms with Gasteiger partial charge in [0.1, 0.15) is 0 Å². The molecule has 0 saturated heterocycles. The Balaban J connectivity index is 1.19. The first kappa shape index (κ1) is 28.8. The van der Waals surface area contributed by atoms with Gasteiger partial charge in [0.15, 0.2) is 11.6 Å². The van der Waals surface area contributed by atoms with Crippen LogP contribution in [0.25, 0.3) is 88.0 Å². The van der Waals surface area contributed by atoms with Crippen LogP contribution in [0.1, 0.15) is 0 Å². The Bertz CT molecular complexity index is 2290. The lowest BCUT2D eigenvalue weighted by Gasteiger charge is -2.10. The Kier molecular flexibility index (Phi) is 7.22. The van der Waals surface area contributed by atoms with E-state index < -0.39 is 0 Å². The number of nitrogens with zero attached hydrogens (tertiary/aromatic N) is 6. The van der Waals surface area contributed by atoms with Crippen molar-refractivity contribution in [1.29, 1.82) is 0 Å². The minimum Gasteiger partial charge on any atom is -0.265 e. The van der Waals surface area contributed by atoms with E-state index in [-0.39, 0.29) is 0 Å². The fraction of sp³-hybridized carbons (Fsp3) is 0. The predicted molar refractivity (Wildman–Crippen MR) is 199 cm³/mol. The fourth-order valence-electron chi connectivity index (χ4n) is 6.06. The number of fused-ring (bicyclic) bond motifs is 3. The smallest absolute Gasteiger partial charge is 0.160 e. The highest BCUT2D eigenvalue weighted by Crippen LogP contribution is 2.39. The van der Waals surface area contributed by atoms with Crippen molar-refractivity contribution in [3.05, 3.63) is 158 Å². The first-order valence-corrected chi connectivity index (χ1v) is 16.7. The van der Waals surface area contributed by atoms with Gasteiger partial charge in [0, 0.05) is 78.3 Å². The summed E-state index contributed by atoms with van der Waals surface area (Å²) < 4.78 is 2.43. The summed E-state index contributed by atoms with van der Waals surface area (Å²) in [6.07, 6.45) is 7.17. The number of pyridine rings is 2. The van der Waals surface area contributed by atoms with Gasteiger partial charge in [-0.15, -0.1) is 11.3 Å². The third-order valence-corrected chi connectivity index (χ3v) is 9.68. The molecule has 49 heavy (non-hydrogen) atoms. The van der Waals surface area contributed by atoms with Crippen molar-refractivity contribution in [2.75, 3.05) is 0 Å². The van der Waals surface area contributed by atoms with Gasteiger partial charge in [-0.3, -0.25) is 9.97 Å². The summed E-state index contributed by atoms with van der Waals surface area (Å²) >= 11 is 1.79. The summed E-state index contributed by atoms with van der Waals surface area (Å²) in [4.78, 5) is 28.5. The second-order valence-electron chi connectivity index (χ2n) is 11.7. The zero-order valence-corrected chi connectivity index (χ0v) is 26.9. The summed E-state index contributed by atoms with van der Waals surface area (Å²) in [6, 6.07) is 45.5. The van der Waals surface area contributed by atoms with Gasteiger partial charge in [0.25, 0.3) is 0 Å². The van der Waals surface area contributed by atoms with Crippen LogP contribution in [-0.2, 0) is 0 Å². The van der Waals surface area contributed by atoms with E-state index in [2.05, 4.69) is 58.5 Å². The van der Waals surface area contributed by atoms with E-state index in [4.69, 9.17) is 19.9 Å². The fourth-order valence-corrected chi connectivity index (χ4v) is 7.13. The van der Waals surface area contributed by atoms with Crippen LogP contribution in [0, 0.1) is 0 Å². The number of hydrogen-bond donors (Lipinski definition) is 0. The zero-order valence-electron chi connectivity index (χ0n) is 26.1. The predicted octanol–water partition coefficient (Wildman–Crippen LogP) is 10.4. The molecule has 0 radical (unpaired) electrons. The molecule has 9 rings (SSSR count). The molecule has 0 bridgehead atoms. The third-order valence-electron chi connectivity index (χ3n) is 8.53. The summed E-state index contributed by atoms with van der Waals surface area (Å²) in [5.41, 5.74) is 9.42. The summed E-state index contributed by atoms with van der Waals surface area (Å²) in [5.74, 6) is 1.37. The van der Waals surface area contributed by atoms with Crippen molar-refractivity contribution in [3.63, 3.8) is 0 Å². The number of rotatable bonds is 6. The normalized spacial score (nSPS) is 11.3. The molecule has 7 heteroatoms. The Labute approximate surface area is 286 Å². The van der Waals surface area contributed by atoms with Gasteiger partial charge in [-0.1, -0.05) is 72.8 Å². The molecule has 230 valence electrons. The van der Waals surface area contributed by atoms with E-state index in [1.54, 1.807) is 36.1 Å². The van der Waals surface area contributed by atoms with Crippen molar-refractivity contribution in [2.24, 2.45) is 0 Å². The van der Waals surface area contributed by atoms with Crippen molar-refractivity contribution >= 4 is 31.5 Å². The van der Waals surface area contributed by atoms with E-state index in [9.17, 15) is 0 Å². The number of hydrogen-bond acceptors (Lipinski definition) is 7. The average Bonchev–Trinajstić information content (AvgIpc) is 3.56. The molecule has 4 aromatic carbocycles. The molecule has 0 unspecified atom stereocenters. The molecule has 0 spiro atoms. The van der Waals surface area contributed by atoms with Crippen molar-refractivity contribution < 1.29 is 0 Å². The second kappa shape index (κ2) is 12.3. The van der Waals surface area contributed by atoms with Crippen molar-refractivity contribution in [1.82, 2.24) is 29.9 Å². The van der Waals surface area contributed by atoms with Crippen molar-refractivity contribution in [3.8, 4) is 67.8 Å². The van der Waals surface area contributed by atoms with E-state index in [1.807, 2.05) is 84.9 Å². The molecule has 6 nitrogen and oxygen atoms in total. The summed E-state index contributed by atoms with van der Waals surface area (Å²) in [7, 11) is 0. The molecule has 0 atom stereocenters. The van der Waals surface area contributed by atoms with Crippen LogP contribution in [0.2, 0.25) is 0 Å². The lowest BCUT2D eigenvalue weighted by molar-refractivity contribution is 1.18. The second-order valence-corrected chi connectivity index (χ2v) is 12.7. The first-order valence-electron chi connectivity index (χ1n) is 15.9. The molecule has 0 saturated carbocycles. The maximum Gasteiger partial charge on any atom is 0.160 e. The van der Waals surface area contributed by atoms with E-state index >= 15 is 0 Å². The van der Waals surface area contributed by atoms with Gasteiger partial charge in [-0.25, -0.2) is 19.9 Å². The molecular formula is C42H26N6S. The molecule has 0 aliphatic heterocycles. The van der Waals surface area contributed by atoms with Crippen LogP contribution >= 0.6 is 11.3 Å². The van der Waals surface area contributed by atoms with Gasteiger partial charge in [-0.05, 0) is 60.7 Å². The molecule has 0 N–H and O–H groups in total. The van der Waals surface area contributed by atoms with Gasteiger partial charge in [-0.2, -0.15) is 0 Å². The Morgan fingerprint density at radius 2 is 0.714 bits per heavy atom. The maximum absolute atomic E-state index is 5.07. The maximum atomic E-state index is 5.07. The third kappa shape index (κ3) is 5.62. The zero-order chi connectivity index (χ0) is 32.6. The van der Waals surface area contributed by atoms with Crippen LogP contribution in [0.5, 0.6) is 0 Å². The highest BCUT2D eigenvalue weighted by molar-refractivity contribution is 7.25. The molecule has 5 aromatic heterocycles. The minimum absolute atomic E-state index is 0.686. The lowest BCUT2D eigenvalue weighted by atomic mass is 10.0. The molecular weight excluding hydrogens is 621 g/mol. The van der Waals surface area contributed by atoms with Gasteiger partial charge < -0.3 is 0 Å². The van der Waals surface area contributed by atoms with Crippen LogP contribution in [0.3, 0.4) is 0 Å². The van der Waals surface area contributed by atoms with Crippen LogP contribution in [-0.4, -0.2) is 29.9 Å². The molecule has 0 amide bonds. The van der Waals surface area contributed by atoms with Crippen LogP contribution < -0.4 is 0 Å². The molecule has 0 aliphatic rings. The molecule has 0 fully saturated rings. The molecule has 0 aliphatic carbocycles. The first-order chi connectivity index (χ1) is 24.2. The van der Waals surface area contributed by atoms with Crippen LogP contribution in [0.15, 0.2) is 158 Å². The number of aromatic nitrogens is 6. The van der Waals surface area contributed by atoms with Crippen LogP contribution in [0.4, 0.5) is 0 Å². The molecule has 5 heterocycles. The highest BCUT2D eigenvalue weighted by Gasteiger charge is 2.15. The topological polar surface area (TPSA) is 77.3 Å². The number of benzene rings is 4. The summed E-state index contributed by atoms with van der Waals surface area (Å²) in [5, 5.41) is 2.35. The van der Waals surface area contributed by atoms with Gasteiger partial charge in [0.2, 0.25) is 0 Å². The standard InChI is InChI=1S/C42H26N6S/c1-3-7-29(8-4-1)41-45-35(27-15-19-43-20-16-27)25-37(47-41)31-11-13-39-33(23-31)34-24-32(12-14-40(34)49-39)38-26-36(28-17-21-44-22-18-28)46-42(48-38)30-9-5-2-6-10-30/h1-26H. The lowest BCUT2D eigenvalue weighted by Crippen LogP contribution is -1.96. The Morgan fingerprint density at radius 1 is 0.327 bits per heavy atom. The average molecular weight is 647 g/mol. The number of thiophene rings is 1. The van der Waals surface area contributed by atoms with Gasteiger partial charge in [0.05, 0.1) is 22.8 Å². The SMILES string of the molecule is c1ccc(-c2nc(-c3ccncc3)cc(-c3ccc4sc5ccc(-c6cc(-c7ccncc7)nc(-c7ccccc7)n6)cc5c4c3)n2)cc1. The van der Waals surface area contributed by atoms with E-state index in [0.29, 0.717) is 11.6 Å². The highest BCUT2D eigenvalue weighted by atomic mass is 32.1. The Morgan fingerprint density at radius 3 is 1.12 bits per heavy atom. The van der Waals surface area contributed by atoms with Crippen molar-refractivity contribution in [2.45, 2.75) is 0 Å². The van der Waals surface area contributed by atoms with E-state index in [1.165, 1.54) is 20.2 Å². The van der Waals surface area contributed by atoms with E-state index in [0.717, 1.165) is 56.2 Å². The molecule has 9 aromatic rings. The quantitative estimate of drug-likeness (QED) is 0.179.